The summed E-state index contributed by atoms with van der Waals surface area (Å²) in [4.78, 5) is 23.7. The molecule has 0 radical (unpaired) electrons. The lowest BCUT2D eigenvalue weighted by molar-refractivity contribution is -0.124. The first-order valence-electron chi connectivity index (χ1n) is 7.79. The Bertz CT molecular complexity index is 712. The van der Waals surface area contributed by atoms with Crippen molar-refractivity contribution in [3.05, 3.63) is 52.9 Å². The molecule has 0 saturated heterocycles. The van der Waals surface area contributed by atoms with Gasteiger partial charge in [0.25, 0.3) is 5.56 Å². The fourth-order valence-electron chi connectivity index (χ4n) is 2.06. The molecule has 0 saturated carbocycles. The average Bonchev–Trinajstić information content (AvgIpc) is 2.60. The van der Waals surface area contributed by atoms with Crippen LogP contribution in [0.25, 0.3) is 0 Å². The number of nitrogens with zero attached hydrogens (tertiary/aromatic N) is 2. The highest BCUT2D eigenvalue weighted by Crippen LogP contribution is 2.17. The van der Waals surface area contributed by atoms with Crippen LogP contribution < -0.4 is 20.3 Å². The monoisotopic (exact) mass is 331 g/mol. The topological polar surface area (TPSA) is 82.4 Å². The van der Waals surface area contributed by atoms with Gasteiger partial charge in [-0.2, -0.15) is 5.10 Å². The van der Waals surface area contributed by atoms with E-state index < -0.39 is 6.04 Å². The molecule has 7 heteroatoms. The number of rotatable bonds is 8. The number of carbonyl (C=O) groups excluding carboxylic acids is 1. The van der Waals surface area contributed by atoms with E-state index in [4.69, 9.17) is 9.47 Å². The minimum Gasteiger partial charge on any atom is -0.494 e. The predicted molar refractivity (Wildman–Crippen MR) is 89.3 cm³/mol. The van der Waals surface area contributed by atoms with Crippen LogP contribution in [0.15, 0.2) is 47.4 Å². The Morgan fingerprint density at radius 3 is 2.50 bits per heavy atom. The largest absolute Gasteiger partial charge is 0.494 e. The molecule has 2 rings (SSSR count). The number of hydrogen-bond donors (Lipinski definition) is 1. The molecular formula is C17H21N3O4. The van der Waals surface area contributed by atoms with Gasteiger partial charge in [0.1, 0.15) is 24.1 Å². The van der Waals surface area contributed by atoms with Gasteiger partial charge in [0.2, 0.25) is 5.91 Å². The van der Waals surface area contributed by atoms with Crippen molar-refractivity contribution in [2.45, 2.75) is 19.9 Å². The lowest BCUT2D eigenvalue weighted by Crippen LogP contribution is -2.38. The Balaban J connectivity index is 1.76. The van der Waals surface area contributed by atoms with Gasteiger partial charge in [-0.25, -0.2) is 4.68 Å². The maximum absolute atomic E-state index is 12.0. The lowest BCUT2D eigenvalue weighted by Gasteiger charge is -2.14. The molecule has 7 nitrogen and oxygen atoms in total. The summed E-state index contributed by atoms with van der Waals surface area (Å²) in [7, 11) is 0. The van der Waals surface area contributed by atoms with Gasteiger partial charge in [-0.1, -0.05) is 0 Å². The highest BCUT2D eigenvalue weighted by atomic mass is 16.5. The fraction of sp³-hybridized carbons (Fsp3) is 0.353. The van der Waals surface area contributed by atoms with E-state index in [-0.39, 0.29) is 11.5 Å². The van der Waals surface area contributed by atoms with E-state index in [1.807, 2.05) is 31.2 Å². The van der Waals surface area contributed by atoms with Gasteiger partial charge in [-0.3, -0.25) is 9.59 Å². The molecule has 0 bridgehead atoms. The maximum atomic E-state index is 12.0. The van der Waals surface area contributed by atoms with E-state index in [1.165, 1.54) is 18.3 Å². The summed E-state index contributed by atoms with van der Waals surface area (Å²) in [5.41, 5.74) is -0.314. The van der Waals surface area contributed by atoms with Crippen molar-refractivity contribution < 1.29 is 14.3 Å². The Hall–Kier alpha value is -2.83. The molecule has 0 aliphatic heterocycles. The molecule has 128 valence electrons. The second kappa shape index (κ2) is 8.71. The Kier molecular flexibility index (Phi) is 6.36. The van der Waals surface area contributed by atoms with Gasteiger partial charge in [0, 0.05) is 12.3 Å². The van der Waals surface area contributed by atoms with Crippen LogP contribution in [0.4, 0.5) is 0 Å². The summed E-state index contributed by atoms with van der Waals surface area (Å²) in [6.45, 7) is 4.81. The number of hydrogen-bond acceptors (Lipinski definition) is 5. The summed E-state index contributed by atoms with van der Waals surface area (Å²) < 4.78 is 12.0. The standard InChI is InChI=1S/C17H21N3O4/c1-3-23-14-6-8-15(9-7-14)24-12-11-18-17(22)13(2)20-16(21)5-4-10-19-20/h4-10,13H,3,11-12H2,1-2H3,(H,18,22). The summed E-state index contributed by atoms with van der Waals surface area (Å²) in [5, 5.41) is 6.62. The Morgan fingerprint density at radius 2 is 1.88 bits per heavy atom. The van der Waals surface area contributed by atoms with Crippen molar-refractivity contribution in [1.29, 1.82) is 0 Å². The van der Waals surface area contributed by atoms with Crippen molar-refractivity contribution in [2.24, 2.45) is 0 Å². The van der Waals surface area contributed by atoms with Gasteiger partial charge < -0.3 is 14.8 Å². The van der Waals surface area contributed by atoms with E-state index in [9.17, 15) is 9.59 Å². The van der Waals surface area contributed by atoms with Crippen molar-refractivity contribution in [3.63, 3.8) is 0 Å². The quantitative estimate of drug-likeness (QED) is 0.739. The van der Waals surface area contributed by atoms with E-state index in [0.717, 1.165) is 10.4 Å². The van der Waals surface area contributed by atoms with Crippen LogP contribution in [0.1, 0.15) is 19.9 Å². The van der Waals surface area contributed by atoms with Crippen molar-refractivity contribution in [2.75, 3.05) is 19.8 Å². The summed E-state index contributed by atoms with van der Waals surface area (Å²) in [6, 6.07) is 9.50. The van der Waals surface area contributed by atoms with E-state index in [2.05, 4.69) is 10.4 Å². The fourth-order valence-corrected chi connectivity index (χ4v) is 2.06. The van der Waals surface area contributed by atoms with Gasteiger partial charge in [0.05, 0.1) is 13.2 Å². The third-order valence-corrected chi connectivity index (χ3v) is 3.29. The molecule has 0 fully saturated rings. The van der Waals surface area contributed by atoms with Crippen LogP contribution >= 0.6 is 0 Å². The molecule has 1 N–H and O–H groups in total. The number of aromatic nitrogens is 2. The zero-order valence-corrected chi connectivity index (χ0v) is 13.8. The third-order valence-electron chi connectivity index (χ3n) is 3.29. The Morgan fingerprint density at radius 1 is 1.21 bits per heavy atom. The number of benzene rings is 1. The first-order valence-corrected chi connectivity index (χ1v) is 7.79. The van der Waals surface area contributed by atoms with Gasteiger partial charge >= 0.3 is 0 Å². The molecule has 1 aromatic carbocycles. The van der Waals surface area contributed by atoms with E-state index in [0.29, 0.717) is 25.5 Å². The third kappa shape index (κ3) is 4.84. The lowest BCUT2D eigenvalue weighted by atomic mass is 10.3. The molecule has 0 spiro atoms. The minimum absolute atomic E-state index is 0.286. The molecule has 0 aliphatic carbocycles. The van der Waals surface area contributed by atoms with Crippen LogP contribution in [0.5, 0.6) is 11.5 Å². The summed E-state index contributed by atoms with van der Waals surface area (Å²) in [5.74, 6) is 1.19. The summed E-state index contributed by atoms with van der Waals surface area (Å²) in [6.07, 6.45) is 1.47. The molecule has 1 aromatic heterocycles. The molecule has 1 unspecified atom stereocenters. The number of ether oxygens (including phenoxy) is 2. The zero-order valence-electron chi connectivity index (χ0n) is 13.8. The van der Waals surface area contributed by atoms with Crippen LogP contribution in [0.2, 0.25) is 0 Å². The van der Waals surface area contributed by atoms with Crippen molar-refractivity contribution in [3.8, 4) is 11.5 Å². The van der Waals surface area contributed by atoms with Crippen LogP contribution in [0.3, 0.4) is 0 Å². The van der Waals surface area contributed by atoms with Gasteiger partial charge in [0.15, 0.2) is 0 Å². The van der Waals surface area contributed by atoms with Gasteiger partial charge in [-0.15, -0.1) is 0 Å². The average molecular weight is 331 g/mol. The molecule has 1 atom stereocenters. The number of carbonyl (C=O) groups is 1. The SMILES string of the molecule is CCOc1ccc(OCCNC(=O)C(C)n2ncccc2=O)cc1. The maximum Gasteiger partial charge on any atom is 0.267 e. The predicted octanol–water partition coefficient (Wildman–Crippen LogP) is 1.40. The molecule has 2 aromatic rings. The Labute approximate surface area is 140 Å². The molecule has 24 heavy (non-hydrogen) atoms. The van der Waals surface area contributed by atoms with E-state index >= 15 is 0 Å². The first kappa shape index (κ1) is 17.5. The van der Waals surface area contributed by atoms with E-state index in [1.54, 1.807) is 6.92 Å². The second-order valence-electron chi connectivity index (χ2n) is 5.03. The highest BCUT2D eigenvalue weighted by Gasteiger charge is 2.16. The number of nitrogens with one attached hydrogen (secondary N) is 1. The summed E-state index contributed by atoms with van der Waals surface area (Å²) >= 11 is 0. The van der Waals surface area contributed by atoms with Crippen LogP contribution in [-0.4, -0.2) is 35.4 Å². The minimum atomic E-state index is -0.677. The number of amides is 1. The second-order valence-corrected chi connectivity index (χ2v) is 5.03. The van der Waals surface area contributed by atoms with Crippen molar-refractivity contribution in [1.82, 2.24) is 15.1 Å². The molecule has 1 heterocycles. The zero-order chi connectivity index (χ0) is 17.4. The first-order chi connectivity index (χ1) is 11.6. The molecule has 1 amide bonds. The normalized spacial score (nSPS) is 11.6. The molecular weight excluding hydrogens is 310 g/mol. The van der Waals surface area contributed by atoms with Crippen LogP contribution in [-0.2, 0) is 4.79 Å². The highest BCUT2D eigenvalue weighted by molar-refractivity contribution is 5.79. The molecule has 0 aliphatic rings. The van der Waals surface area contributed by atoms with Crippen molar-refractivity contribution >= 4 is 5.91 Å². The smallest absolute Gasteiger partial charge is 0.267 e. The van der Waals surface area contributed by atoms with Crippen LogP contribution in [0, 0.1) is 0 Å². The van der Waals surface area contributed by atoms with Gasteiger partial charge in [-0.05, 0) is 44.2 Å².